The third-order valence-electron chi connectivity index (χ3n) is 6.27. The molecule has 0 radical (unpaired) electrons. The maximum atomic E-state index is 14.6. The molecule has 1 aliphatic heterocycles. The average molecular weight is 475 g/mol. The van der Waals surface area contributed by atoms with Crippen molar-refractivity contribution in [3.05, 3.63) is 94.5 Å². The number of aromatic nitrogens is 1. The van der Waals surface area contributed by atoms with Crippen LogP contribution in [-0.4, -0.2) is 40.2 Å². The molecule has 0 amide bonds. The van der Waals surface area contributed by atoms with Crippen molar-refractivity contribution < 1.29 is 9.50 Å². The van der Waals surface area contributed by atoms with E-state index >= 15 is 0 Å². The molecule has 0 aliphatic carbocycles. The molecule has 0 unspecified atom stereocenters. The van der Waals surface area contributed by atoms with E-state index in [0.29, 0.717) is 10.6 Å². The van der Waals surface area contributed by atoms with Crippen LogP contribution in [0.25, 0.3) is 16.7 Å². The van der Waals surface area contributed by atoms with Crippen molar-refractivity contribution in [2.45, 2.75) is 32.3 Å². The number of hydrogen-bond acceptors (Lipinski definition) is 3. The van der Waals surface area contributed by atoms with Gasteiger partial charge in [0.15, 0.2) is 5.82 Å². The lowest BCUT2D eigenvalue weighted by atomic mass is 9.94. The SMILES string of the molecule is C/C(=C/CN1CCC(C)(O)CC1)c1ccc(C#Cc2ncc(-c3ccc(Cl)cc3)cc2F)cc1. The zero-order valence-corrected chi connectivity index (χ0v) is 20.2. The van der Waals surface area contributed by atoms with E-state index < -0.39 is 11.4 Å². The lowest BCUT2D eigenvalue weighted by Crippen LogP contribution is -2.42. The molecule has 1 N–H and O–H groups in total. The summed E-state index contributed by atoms with van der Waals surface area (Å²) in [7, 11) is 0. The topological polar surface area (TPSA) is 36.4 Å². The number of pyridine rings is 1. The van der Waals surface area contributed by atoms with Gasteiger partial charge in [-0.05, 0) is 79.6 Å². The molecule has 1 saturated heterocycles. The third-order valence-corrected chi connectivity index (χ3v) is 6.53. The van der Waals surface area contributed by atoms with Crippen LogP contribution in [0, 0.1) is 17.7 Å². The van der Waals surface area contributed by atoms with Gasteiger partial charge in [0, 0.05) is 42.0 Å². The third kappa shape index (κ3) is 6.33. The molecule has 1 aromatic heterocycles. The summed E-state index contributed by atoms with van der Waals surface area (Å²) in [5.41, 5.74) is 4.26. The fourth-order valence-corrected chi connectivity index (χ4v) is 4.01. The first kappa shape index (κ1) is 24.2. The van der Waals surface area contributed by atoms with Gasteiger partial charge in [0.25, 0.3) is 0 Å². The summed E-state index contributed by atoms with van der Waals surface area (Å²) >= 11 is 5.92. The highest BCUT2D eigenvalue weighted by atomic mass is 35.5. The first-order valence-electron chi connectivity index (χ1n) is 11.4. The molecule has 1 fully saturated rings. The van der Waals surface area contributed by atoms with Crippen molar-refractivity contribution in [3.8, 4) is 23.0 Å². The predicted octanol–water partition coefficient (Wildman–Crippen LogP) is 6.19. The zero-order chi connectivity index (χ0) is 24.1. The summed E-state index contributed by atoms with van der Waals surface area (Å²) in [6.45, 7) is 6.71. The number of halogens is 2. The largest absolute Gasteiger partial charge is 0.390 e. The van der Waals surface area contributed by atoms with Crippen LogP contribution >= 0.6 is 11.6 Å². The Bertz CT molecular complexity index is 1230. The molecule has 0 bridgehead atoms. The lowest BCUT2D eigenvalue weighted by Gasteiger charge is -2.35. The van der Waals surface area contributed by atoms with Crippen LogP contribution in [0.15, 0.2) is 66.9 Å². The van der Waals surface area contributed by atoms with Crippen molar-refractivity contribution in [3.63, 3.8) is 0 Å². The van der Waals surface area contributed by atoms with Gasteiger partial charge in [-0.3, -0.25) is 4.90 Å². The monoisotopic (exact) mass is 474 g/mol. The molecular formula is C29H28ClFN2O. The number of piperidine rings is 1. The molecule has 1 aliphatic rings. The van der Waals surface area contributed by atoms with E-state index in [0.717, 1.165) is 49.2 Å². The molecular weight excluding hydrogens is 447 g/mol. The summed E-state index contributed by atoms with van der Waals surface area (Å²) < 4.78 is 14.6. The van der Waals surface area contributed by atoms with Crippen LogP contribution < -0.4 is 0 Å². The first-order valence-corrected chi connectivity index (χ1v) is 11.8. The number of hydrogen-bond donors (Lipinski definition) is 1. The standard InChI is InChI=1S/C29H28ClFN2O/c1-21(13-16-33-17-14-29(2,34)15-18-33)23-6-3-22(4-7-23)5-12-28-27(31)19-25(20-32-28)24-8-10-26(30)11-9-24/h3-4,6-11,13,19-20,34H,14-18H2,1-2H3/b21-13-. The molecule has 0 atom stereocenters. The summed E-state index contributed by atoms with van der Waals surface area (Å²) in [5, 5.41) is 10.7. The minimum absolute atomic E-state index is 0.123. The highest BCUT2D eigenvalue weighted by Crippen LogP contribution is 2.23. The molecule has 5 heteroatoms. The number of nitrogens with zero attached hydrogens (tertiary/aromatic N) is 2. The highest BCUT2D eigenvalue weighted by molar-refractivity contribution is 6.30. The molecule has 34 heavy (non-hydrogen) atoms. The maximum absolute atomic E-state index is 14.6. The van der Waals surface area contributed by atoms with Crippen molar-refractivity contribution in [2.75, 3.05) is 19.6 Å². The van der Waals surface area contributed by atoms with Crippen LogP contribution in [0.2, 0.25) is 5.02 Å². The number of allylic oxidation sites excluding steroid dienone is 1. The Hall–Kier alpha value is -2.97. The highest BCUT2D eigenvalue weighted by Gasteiger charge is 2.26. The summed E-state index contributed by atoms with van der Waals surface area (Å²) in [4.78, 5) is 6.57. The molecule has 3 aromatic rings. The lowest BCUT2D eigenvalue weighted by molar-refractivity contribution is -0.00242. The minimum Gasteiger partial charge on any atom is -0.390 e. The second-order valence-electron chi connectivity index (χ2n) is 9.07. The molecule has 0 spiro atoms. The van der Waals surface area contributed by atoms with E-state index in [4.69, 9.17) is 11.6 Å². The van der Waals surface area contributed by atoms with Crippen LogP contribution in [-0.2, 0) is 0 Å². The Kier molecular flexibility index (Phi) is 7.48. The van der Waals surface area contributed by atoms with Gasteiger partial charge in [-0.2, -0.15) is 0 Å². The van der Waals surface area contributed by atoms with Crippen LogP contribution in [0.1, 0.15) is 43.5 Å². The molecule has 2 aromatic carbocycles. The van der Waals surface area contributed by atoms with Crippen LogP contribution in [0.4, 0.5) is 4.39 Å². The quantitative estimate of drug-likeness (QED) is 0.458. The van der Waals surface area contributed by atoms with E-state index in [-0.39, 0.29) is 5.69 Å². The molecule has 2 heterocycles. The van der Waals surface area contributed by atoms with Gasteiger partial charge in [-0.1, -0.05) is 47.9 Å². The number of likely N-dealkylation sites (tertiary alicyclic amines) is 1. The summed E-state index contributed by atoms with van der Waals surface area (Å²) in [6, 6.07) is 16.6. The van der Waals surface area contributed by atoms with Gasteiger partial charge in [0.2, 0.25) is 0 Å². The van der Waals surface area contributed by atoms with Crippen molar-refractivity contribution in [1.82, 2.24) is 9.88 Å². The molecule has 4 rings (SSSR count). The van der Waals surface area contributed by atoms with Gasteiger partial charge in [0.05, 0.1) is 5.60 Å². The van der Waals surface area contributed by atoms with Gasteiger partial charge in [-0.15, -0.1) is 0 Å². The second-order valence-corrected chi connectivity index (χ2v) is 9.51. The fraction of sp³-hybridized carbons (Fsp3) is 0.276. The average Bonchev–Trinajstić information content (AvgIpc) is 2.83. The minimum atomic E-state index is -0.525. The van der Waals surface area contributed by atoms with Crippen LogP contribution in [0.3, 0.4) is 0 Å². The predicted molar refractivity (Wildman–Crippen MR) is 137 cm³/mol. The summed E-state index contributed by atoms with van der Waals surface area (Å²) in [5.74, 6) is 5.40. The van der Waals surface area contributed by atoms with E-state index in [1.807, 2.05) is 43.3 Å². The van der Waals surface area contributed by atoms with Gasteiger partial charge < -0.3 is 5.11 Å². The van der Waals surface area contributed by atoms with E-state index in [9.17, 15) is 9.50 Å². The Morgan fingerprint density at radius 1 is 1.09 bits per heavy atom. The van der Waals surface area contributed by atoms with E-state index in [2.05, 4.69) is 34.7 Å². The fourth-order valence-electron chi connectivity index (χ4n) is 3.88. The van der Waals surface area contributed by atoms with Gasteiger partial charge >= 0.3 is 0 Å². The van der Waals surface area contributed by atoms with Crippen molar-refractivity contribution in [1.29, 1.82) is 0 Å². The summed E-state index contributed by atoms with van der Waals surface area (Å²) in [6.07, 6.45) is 5.47. The molecule has 174 valence electrons. The van der Waals surface area contributed by atoms with E-state index in [1.54, 1.807) is 18.3 Å². The van der Waals surface area contributed by atoms with Crippen molar-refractivity contribution >= 4 is 17.2 Å². The number of benzene rings is 2. The smallest absolute Gasteiger partial charge is 0.158 e. The second kappa shape index (κ2) is 10.5. The molecule has 3 nitrogen and oxygen atoms in total. The molecule has 0 saturated carbocycles. The normalized spacial score (nSPS) is 16.1. The van der Waals surface area contributed by atoms with Crippen LogP contribution in [0.5, 0.6) is 0 Å². The Morgan fingerprint density at radius 3 is 2.41 bits per heavy atom. The van der Waals surface area contributed by atoms with Gasteiger partial charge in [-0.25, -0.2) is 9.37 Å². The Morgan fingerprint density at radius 2 is 1.76 bits per heavy atom. The van der Waals surface area contributed by atoms with Gasteiger partial charge in [0.1, 0.15) is 5.69 Å². The number of rotatable bonds is 4. The van der Waals surface area contributed by atoms with Crippen molar-refractivity contribution in [2.24, 2.45) is 0 Å². The number of aliphatic hydroxyl groups is 1. The van der Waals surface area contributed by atoms with E-state index in [1.165, 1.54) is 11.6 Å². The first-order chi connectivity index (χ1) is 16.3. The maximum Gasteiger partial charge on any atom is 0.158 e. The zero-order valence-electron chi connectivity index (χ0n) is 19.5. The Labute approximate surface area is 205 Å². The Balaban J connectivity index is 1.39.